The van der Waals surface area contributed by atoms with Crippen molar-refractivity contribution in [2.75, 3.05) is 0 Å². The molecule has 2 aromatic heterocycles. The molecule has 0 bridgehead atoms. The molecule has 0 fully saturated rings. The zero-order valence-electron chi connectivity index (χ0n) is 28.8. The first kappa shape index (κ1) is 39.2. The summed E-state index contributed by atoms with van der Waals surface area (Å²) in [5.74, 6) is -6.58. The number of pyridine rings is 2. The van der Waals surface area contributed by atoms with Crippen molar-refractivity contribution < 1.29 is 70.9 Å². The fourth-order valence-corrected chi connectivity index (χ4v) is 8.98. The molecule has 0 saturated carbocycles. The van der Waals surface area contributed by atoms with E-state index in [-0.39, 0.29) is 45.4 Å². The Hall–Kier alpha value is -6.62. The summed E-state index contributed by atoms with van der Waals surface area (Å²) in [7, 11) is -10.2. The SMILES string of the molecule is O=C1c2ccc(C(c3ccc4c(c3)C(=O)N(OS(=O)(=O)c3cccc5cccnc35)C4=O)(C(F)(F)F)C(F)(F)F)cc2C(=O)N1OS(=O)(=O)c1cccc2cccnc12. The molecule has 22 heteroatoms. The average molecular weight is 857 g/mol. The third kappa shape index (κ3) is 5.93. The number of benzene rings is 4. The van der Waals surface area contributed by atoms with Gasteiger partial charge in [0.2, 0.25) is 5.41 Å². The van der Waals surface area contributed by atoms with Gasteiger partial charge in [-0.05, 0) is 59.7 Å². The third-order valence-electron chi connectivity index (χ3n) is 9.49. The highest BCUT2D eigenvalue weighted by Gasteiger charge is 2.73. The van der Waals surface area contributed by atoms with Crippen molar-refractivity contribution in [3.63, 3.8) is 0 Å². The minimum atomic E-state index is -6.35. The van der Waals surface area contributed by atoms with E-state index in [1.54, 1.807) is 0 Å². The van der Waals surface area contributed by atoms with Gasteiger partial charge in [0, 0.05) is 23.2 Å². The molecule has 0 aliphatic carbocycles. The molecule has 4 aromatic carbocycles. The zero-order valence-corrected chi connectivity index (χ0v) is 30.5. The number of hydroxylamine groups is 4. The van der Waals surface area contributed by atoms with Crippen LogP contribution in [-0.2, 0) is 34.2 Å². The van der Waals surface area contributed by atoms with Gasteiger partial charge in [-0.25, -0.2) is 0 Å². The number of carbonyl (C=O) groups is 4. The minimum Gasteiger partial charge on any atom is -0.266 e. The van der Waals surface area contributed by atoms with E-state index in [2.05, 4.69) is 9.97 Å². The van der Waals surface area contributed by atoms with Crippen LogP contribution >= 0.6 is 0 Å². The van der Waals surface area contributed by atoms with Crippen LogP contribution in [0.25, 0.3) is 21.8 Å². The lowest BCUT2D eigenvalue weighted by molar-refractivity contribution is -0.288. The number of nitrogens with zero attached hydrogens (tertiary/aromatic N) is 4. The summed E-state index contributed by atoms with van der Waals surface area (Å²) >= 11 is 0. The Morgan fingerprint density at radius 3 is 1.20 bits per heavy atom. The molecule has 6 aromatic rings. The van der Waals surface area contributed by atoms with Crippen LogP contribution < -0.4 is 0 Å². The Kier molecular flexibility index (Phi) is 8.78. The Morgan fingerprint density at radius 2 is 0.831 bits per heavy atom. The van der Waals surface area contributed by atoms with Crippen LogP contribution in [0.4, 0.5) is 26.3 Å². The Bertz CT molecular complexity index is 2870. The van der Waals surface area contributed by atoms with Gasteiger partial charge in [-0.2, -0.15) is 43.2 Å². The summed E-state index contributed by atoms with van der Waals surface area (Å²) in [5.41, 5.74) is -12.7. The van der Waals surface area contributed by atoms with Crippen LogP contribution in [0.5, 0.6) is 0 Å². The lowest BCUT2D eigenvalue weighted by atomic mass is 9.71. The molecular weight excluding hydrogens is 839 g/mol. The zero-order chi connectivity index (χ0) is 42.4. The number of rotatable bonds is 8. The molecular formula is C37H18F6N4O10S2. The average Bonchev–Trinajstić information content (AvgIpc) is 3.55. The summed E-state index contributed by atoms with van der Waals surface area (Å²) in [6.45, 7) is 0. The number of hydrogen-bond donors (Lipinski definition) is 0. The topological polar surface area (TPSA) is 187 Å². The molecule has 4 heterocycles. The van der Waals surface area contributed by atoms with Crippen molar-refractivity contribution in [3.05, 3.63) is 143 Å². The fraction of sp³-hybridized carbons (Fsp3) is 0.0811. The summed E-state index contributed by atoms with van der Waals surface area (Å²) in [4.78, 5) is 59.9. The summed E-state index contributed by atoms with van der Waals surface area (Å²) in [6, 6.07) is 14.9. The van der Waals surface area contributed by atoms with Crippen molar-refractivity contribution in [2.45, 2.75) is 27.6 Å². The van der Waals surface area contributed by atoms with Gasteiger partial charge in [0.15, 0.2) is 0 Å². The number of fused-ring (bicyclic) bond motifs is 4. The highest BCUT2D eigenvalue weighted by molar-refractivity contribution is 7.87. The van der Waals surface area contributed by atoms with Gasteiger partial charge in [0.1, 0.15) is 9.79 Å². The van der Waals surface area contributed by atoms with Crippen LogP contribution in [0.1, 0.15) is 52.6 Å². The van der Waals surface area contributed by atoms with E-state index >= 15 is 26.3 Å². The number of para-hydroxylation sites is 2. The smallest absolute Gasteiger partial charge is 0.266 e. The highest BCUT2D eigenvalue weighted by atomic mass is 32.2. The standard InChI is InChI=1S/C37H18F6N4O10S2/c38-36(39,40)35(37(41,42)43,21-11-13-23-25(17-21)33(50)46(31(23)48)56-58(52,53)27-9-1-5-19-7-3-15-44-29(19)27)22-12-14-24-26(18-22)34(51)47(32(24)49)57-59(54,55)28-10-2-6-20-8-4-16-45-30(20)28/h1-18H. The molecule has 4 amide bonds. The maximum atomic E-state index is 15.3. The van der Waals surface area contributed by atoms with Crippen molar-refractivity contribution in [2.24, 2.45) is 0 Å². The van der Waals surface area contributed by atoms with E-state index in [9.17, 15) is 36.0 Å². The molecule has 2 aliphatic rings. The van der Waals surface area contributed by atoms with Gasteiger partial charge in [-0.1, -0.05) is 48.5 Å². The van der Waals surface area contributed by atoms with Gasteiger partial charge in [0.25, 0.3) is 23.6 Å². The summed E-state index contributed by atoms with van der Waals surface area (Å²) in [6.07, 6.45) is -10.3. The monoisotopic (exact) mass is 856 g/mol. The summed E-state index contributed by atoms with van der Waals surface area (Å²) in [5, 5.41) is -0.0989. The molecule has 8 rings (SSSR count). The summed E-state index contributed by atoms with van der Waals surface area (Å²) < 4.78 is 154. The lowest BCUT2D eigenvalue weighted by Gasteiger charge is -2.38. The number of carbonyl (C=O) groups excluding carboxylic acids is 4. The molecule has 0 atom stereocenters. The molecule has 0 unspecified atom stereocenters. The molecule has 0 N–H and O–H groups in total. The number of alkyl halides is 6. The van der Waals surface area contributed by atoms with Gasteiger partial charge in [0.05, 0.1) is 33.3 Å². The number of amides is 4. The van der Waals surface area contributed by atoms with E-state index in [1.165, 1.54) is 60.9 Å². The molecule has 0 spiro atoms. The Morgan fingerprint density at radius 1 is 0.475 bits per heavy atom. The van der Waals surface area contributed by atoms with E-state index in [0.29, 0.717) is 22.9 Å². The Labute approximate surface area is 326 Å². The van der Waals surface area contributed by atoms with Gasteiger partial charge in [-0.15, -0.1) is 18.7 Å². The van der Waals surface area contributed by atoms with Gasteiger partial charge >= 0.3 is 32.6 Å². The first-order valence-electron chi connectivity index (χ1n) is 16.5. The second-order valence-electron chi connectivity index (χ2n) is 12.8. The molecule has 0 radical (unpaired) electrons. The number of imide groups is 2. The normalized spacial score (nSPS) is 15.1. The maximum Gasteiger partial charge on any atom is 0.411 e. The van der Waals surface area contributed by atoms with Crippen LogP contribution in [-0.4, -0.2) is 72.9 Å². The number of hydrogen-bond acceptors (Lipinski definition) is 12. The fourth-order valence-electron chi connectivity index (χ4n) is 6.85. The first-order valence-corrected chi connectivity index (χ1v) is 19.3. The Balaban J connectivity index is 1.17. The molecule has 0 saturated heterocycles. The van der Waals surface area contributed by atoms with Crippen LogP contribution in [0, 0.1) is 0 Å². The predicted molar refractivity (Wildman–Crippen MR) is 187 cm³/mol. The molecule has 300 valence electrons. The lowest BCUT2D eigenvalue weighted by Crippen LogP contribution is -2.55. The number of halogens is 6. The van der Waals surface area contributed by atoms with E-state index in [1.807, 2.05) is 0 Å². The van der Waals surface area contributed by atoms with Gasteiger partial charge < -0.3 is 0 Å². The molecule has 2 aliphatic heterocycles. The van der Waals surface area contributed by atoms with Crippen molar-refractivity contribution in [1.82, 2.24) is 20.1 Å². The second-order valence-corrected chi connectivity index (χ2v) is 15.8. The van der Waals surface area contributed by atoms with E-state index < -0.39 is 105 Å². The minimum absolute atomic E-state index is 0.0758. The van der Waals surface area contributed by atoms with E-state index in [4.69, 9.17) is 8.57 Å². The predicted octanol–water partition coefficient (Wildman–Crippen LogP) is 6.03. The van der Waals surface area contributed by atoms with Crippen molar-refractivity contribution in [3.8, 4) is 0 Å². The van der Waals surface area contributed by atoms with Crippen molar-refractivity contribution in [1.29, 1.82) is 0 Å². The molecule has 59 heavy (non-hydrogen) atoms. The quantitative estimate of drug-likeness (QED) is 0.128. The van der Waals surface area contributed by atoms with E-state index in [0.717, 1.165) is 12.1 Å². The highest BCUT2D eigenvalue weighted by Crippen LogP contribution is 2.57. The first-order chi connectivity index (χ1) is 27.7. The van der Waals surface area contributed by atoms with Gasteiger partial charge in [-0.3, -0.25) is 29.1 Å². The second kappa shape index (κ2) is 13.2. The third-order valence-corrected chi connectivity index (χ3v) is 11.9. The van der Waals surface area contributed by atoms with Crippen LogP contribution in [0.3, 0.4) is 0 Å². The number of aromatic nitrogens is 2. The molecule has 14 nitrogen and oxygen atoms in total. The van der Waals surface area contributed by atoms with Crippen LogP contribution in [0.2, 0.25) is 0 Å². The van der Waals surface area contributed by atoms with Crippen LogP contribution in [0.15, 0.2) is 119 Å². The largest absolute Gasteiger partial charge is 0.411 e. The maximum absolute atomic E-state index is 15.3. The van der Waals surface area contributed by atoms with Crippen molar-refractivity contribution >= 4 is 65.7 Å².